The first-order chi connectivity index (χ1) is 13.4. The zero-order valence-corrected chi connectivity index (χ0v) is 16.8. The van der Waals surface area contributed by atoms with Crippen LogP contribution in [0.15, 0.2) is 60.7 Å². The van der Waals surface area contributed by atoms with E-state index in [2.05, 4.69) is 23.6 Å². The Hall–Kier alpha value is -3.27. The van der Waals surface area contributed by atoms with E-state index < -0.39 is 0 Å². The van der Waals surface area contributed by atoms with Gasteiger partial charge in [0.15, 0.2) is 6.61 Å². The number of benzene rings is 3. The molecule has 144 valence electrons. The van der Waals surface area contributed by atoms with Gasteiger partial charge in [-0.1, -0.05) is 35.9 Å². The third-order valence-corrected chi connectivity index (χ3v) is 4.65. The van der Waals surface area contributed by atoms with Crippen molar-refractivity contribution in [2.24, 2.45) is 0 Å². The van der Waals surface area contributed by atoms with E-state index in [-0.39, 0.29) is 12.5 Å². The van der Waals surface area contributed by atoms with Crippen LogP contribution >= 0.6 is 0 Å². The van der Waals surface area contributed by atoms with Crippen LogP contribution in [-0.2, 0) is 4.79 Å². The summed E-state index contributed by atoms with van der Waals surface area (Å²) in [5, 5.41) is 6.28. The number of hydrogen-bond donors (Lipinski definition) is 2. The molecule has 4 nitrogen and oxygen atoms in total. The van der Waals surface area contributed by atoms with E-state index in [0.717, 1.165) is 33.8 Å². The first-order valence-corrected chi connectivity index (χ1v) is 9.35. The molecule has 0 spiro atoms. The topological polar surface area (TPSA) is 50.4 Å². The summed E-state index contributed by atoms with van der Waals surface area (Å²) >= 11 is 0. The highest BCUT2D eigenvalue weighted by Crippen LogP contribution is 2.26. The van der Waals surface area contributed by atoms with Gasteiger partial charge in [-0.2, -0.15) is 0 Å². The van der Waals surface area contributed by atoms with E-state index in [9.17, 15) is 4.79 Å². The highest BCUT2D eigenvalue weighted by molar-refractivity contribution is 5.95. The predicted molar refractivity (Wildman–Crippen MR) is 116 cm³/mol. The fourth-order valence-corrected chi connectivity index (χ4v) is 2.97. The van der Waals surface area contributed by atoms with Crippen molar-refractivity contribution in [3.8, 4) is 5.75 Å². The van der Waals surface area contributed by atoms with Crippen molar-refractivity contribution in [1.82, 2.24) is 0 Å². The average molecular weight is 374 g/mol. The fourth-order valence-electron chi connectivity index (χ4n) is 2.97. The van der Waals surface area contributed by atoms with Crippen LogP contribution in [0.25, 0.3) is 0 Å². The maximum atomic E-state index is 12.5. The number of amides is 1. The highest BCUT2D eigenvalue weighted by Gasteiger charge is 2.10. The Morgan fingerprint density at radius 2 is 1.54 bits per heavy atom. The van der Waals surface area contributed by atoms with Crippen LogP contribution in [0.4, 0.5) is 17.1 Å². The van der Waals surface area contributed by atoms with Crippen molar-refractivity contribution < 1.29 is 9.53 Å². The number of carbonyl (C=O) groups excluding carboxylic acids is 1. The van der Waals surface area contributed by atoms with Crippen molar-refractivity contribution in [3.05, 3.63) is 82.9 Å². The molecule has 0 bridgehead atoms. The summed E-state index contributed by atoms with van der Waals surface area (Å²) in [6.45, 7) is 8.08. The molecular formula is C24H26N2O2. The Balaban J connectivity index is 1.67. The summed E-state index contributed by atoms with van der Waals surface area (Å²) in [5.41, 5.74) is 7.05. The minimum atomic E-state index is -0.197. The second-order valence-corrected chi connectivity index (χ2v) is 7.08. The van der Waals surface area contributed by atoms with Crippen molar-refractivity contribution in [2.45, 2.75) is 27.7 Å². The Morgan fingerprint density at radius 3 is 2.25 bits per heavy atom. The Bertz CT molecular complexity index is 978. The van der Waals surface area contributed by atoms with Gasteiger partial charge < -0.3 is 15.4 Å². The molecule has 0 aromatic heterocycles. The first-order valence-electron chi connectivity index (χ1n) is 9.35. The zero-order chi connectivity index (χ0) is 20.1. The van der Waals surface area contributed by atoms with E-state index in [4.69, 9.17) is 4.74 Å². The molecule has 3 aromatic carbocycles. The Morgan fingerprint density at radius 1 is 0.857 bits per heavy atom. The second kappa shape index (κ2) is 8.61. The van der Waals surface area contributed by atoms with Gasteiger partial charge in [0.25, 0.3) is 5.91 Å². The highest BCUT2D eigenvalue weighted by atomic mass is 16.5. The molecule has 1 amide bonds. The minimum Gasteiger partial charge on any atom is -0.483 e. The zero-order valence-electron chi connectivity index (χ0n) is 16.8. The smallest absolute Gasteiger partial charge is 0.262 e. The van der Waals surface area contributed by atoms with Crippen LogP contribution in [0.1, 0.15) is 22.3 Å². The maximum Gasteiger partial charge on any atom is 0.262 e. The lowest BCUT2D eigenvalue weighted by molar-refractivity contribution is -0.118. The molecule has 4 heteroatoms. The van der Waals surface area contributed by atoms with Crippen LogP contribution in [-0.4, -0.2) is 12.5 Å². The Labute approximate surface area is 166 Å². The number of carbonyl (C=O) groups is 1. The monoisotopic (exact) mass is 374 g/mol. The Kier molecular flexibility index (Phi) is 5.99. The number of rotatable bonds is 6. The molecule has 0 aliphatic heterocycles. The van der Waals surface area contributed by atoms with E-state index in [0.29, 0.717) is 5.69 Å². The molecule has 3 aromatic rings. The summed E-state index contributed by atoms with van der Waals surface area (Å²) in [5.74, 6) is 0.551. The minimum absolute atomic E-state index is 0.0391. The molecule has 2 N–H and O–H groups in total. The molecule has 0 aliphatic rings. The van der Waals surface area contributed by atoms with Gasteiger partial charge in [-0.15, -0.1) is 0 Å². The van der Waals surface area contributed by atoms with Gasteiger partial charge in [-0.3, -0.25) is 4.79 Å². The van der Waals surface area contributed by atoms with Crippen molar-refractivity contribution in [2.75, 3.05) is 17.2 Å². The number of para-hydroxylation sites is 2. The third-order valence-electron chi connectivity index (χ3n) is 4.65. The van der Waals surface area contributed by atoms with Gasteiger partial charge in [0.1, 0.15) is 5.75 Å². The number of nitrogens with one attached hydrogen (secondary N) is 2. The summed E-state index contributed by atoms with van der Waals surface area (Å²) in [6, 6.07) is 19.8. The van der Waals surface area contributed by atoms with Crippen LogP contribution in [0.5, 0.6) is 5.75 Å². The summed E-state index contributed by atoms with van der Waals surface area (Å²) in [6.07, 6.45) is 0. The maximum absolute atomic E-state index is 12.5. The molecule has 0 aliphatic carbocycles. The molecule has 0 saturated carbocycles. The van der Waals surface area contributed by atoms with E-state index >= 15 is 0 Å². The van der Waals surface area contributed by atoms with Gasteiger partial charge in [-0.05, 0) is 74.7 Å². The lowest BCUT2D eigenvalue weighted by Crippen LogP contribution is -2.21. The number of hydrogen-bond acceptors (Lipinski definition) is 3. The lowest BCUT2D eigenvalue weighted by Gasteiger charge is -2.15. The fraction of sp³-hybridized carbons (Fsp3) is 0.208. The quantitative estimate of drug-likeness (QED) is 0.583. The molecule has 0 atom stereocenters. The second-order valence-electron chi connectivity index (χ2n) is 7.08. The molecule has 0 radical (unpaired) electrons. The van der Waals surface area contributed by atoms with Crippen LogP contribution < -0.4 is 15.4 Å². The van der Waals surface area contributed by atoms with Gasteiger partial charge in [0.05, 0.1) is 11.4 Å². The molecule has 0 saturated heterocycles. The number of aryl methyl sites for hydroxylation is 3. The SMILES string of the molecule is Cc1ccc(Nc2ccccc2NC(=O)COc2cc(C)cc(C)c2C)cc1. The molecule has 3 rings (SSSR count). The van der Waals surface area contributed by atoms with E-state index in [1.807, 2.05) is 75.4 Å². The number of anilines is 3. The predicted octanol–water partition coefficient (Wildman–Crippen LogP) is 5.68. The normalized spacial score (nSPS) is 10.4. The van der Waals surface area contributed by atoms with Crippen LogP contribution in [0.2, 0.25) is 0 Å². The molecule has 28 heavy (non-hydrogen) atoms. The van der Waals surface area contributed by atoms with Gasteiger partial charge >= 0.3 is 0 Å². The molecule has 0 heterocycles. The van der Waals surface area contributed by atoms with E-state index in [1.54, 1.807) is 0 Å². The standard InChI is InChI=1S/C24H26N2O2/c1-16-9-11-20(12-10-16)25-21-7-5-6-8-22(21)26-24(27)15-28-23-14-17(2)13-18(3)19(23)4/h5-14,25H,15H2,1-4H3,(H,26,27). The average Bonchev–Trinajstić information content (AvgIpc) is 2.67. The summed E-state index contributed by atoms with van der Waals surface area (Å²) < 4.78 is 5.77. The van der Waals surface area contributed by atoms with Gasteiger partial charge in [0, 0.05) is 5.69 Å². The van der Waals surface area contributed by atoms with E-state index in [1.165, 1.54) is 5.56 Å². The molecular weight excluding hydrogens is 348 g/mol. The van der Waals surface area contributed by atoms with Crippen molar-refractivity contribution >= 4 is 23.0 Å². The number of ether oxygens (including phenoxy) is 1. The largest absolute Gasteiger partial charge is 0.483 e. The summed E-state index contributed by atoms with van der Waals surface area (Å²) in [7, 11) is 0. The molecule has 0 unspecified atom stereocenters. The van der Waals surface area contributed by atoms with Gasteiger partial charge in [-0.25, -0.2) is 0 Å². The third kappa shape index (κ3) is 4.92. The van der Waals surface area contributed by atoms with Crippen molar-refractivity contribution in [3.63, 3.8) is 0 Å². The first kappa shape index (κ1) is 19.5. The van der Waals surface area contributed by atoms with Crippen molar-refractivity contribution in [1.29, 1.82) is 0 Å². The van der Waals surface area contributed by atoms with Crippen LogP contribution in [0, 0.1) is 27.7 Å². The summed E-state index contributed by atoms with van der Waals surface area (Å²) in [4.78, 5) is 12.5. The molecule has 0 fully saturated rings. The van der Waals surface area contributed by atoms with Gasteiger partial charge in [0.2, 0.25) is 0 Å². The lowest BCUT2D eigenvalue weighted by atomic mass is 10.1. The van der Waals surface area contributed by atoms with Crippen LogP contribution in [0.3, 0.4) is 0 Å².